The number of aldehydes is 1. The number of cyclic esters (lactones) is 1. The van der Waals surface area contributed by atoms with E-state index in [1.54, 1.807) is 0 Å². The fraction of sp³-hybridized carbons (Fsp3) is 0.636. The van der Waals surface area contributed by atoms with E-state index in [4.69, 9.17) is 4.74 Å². The Hall–Kier alpha value is -1.12. The van der Waals surface area contributed by atoms with Crippen molar-refractivity contribution in [1.29, 1.82) is 0 Å². The molecule has 0 spiro atoms. The minimum atomic E-state index is -0.248. The molecular weight excluding hydrogens is 180 g/mol. The van der Waals surface area contributed by atoms with Crippen LogP contribution in [-0.2, 0) is 14.3 Å². The Morgan fingerprint density at radius 3 is 2.86 bits per heavy atom. The third-order valence-corrected chi connectivity index (χ3v) is 3.20. The average Bonchev–Trinajstić information content (AvgIpc) is 2.71. The molecule has 0 amide bonds. The molecule has 3 heteroatoms. The predicted octanol–water partition coefficient (Wildman–Crippen LogP) is 1.47. The minimum Gasteiger partial charge on any atom is -0.461 e. The summed E-state index contributed by atoms with van der Waals surface area (Å²) in [5.41, 5.74) is 1.14. The topological polar surface area (TPSA) is 43.4 Å². The van der Waals surface area contributed by atoms with Gasteiger partial charge in [-0.1, -0.05) is 12.2 Å². The highest BCUT2D eigenvalue weighted by molar-refractivity contribution is 5.77. The van der Waals surface area contributed by atoms with Gasteiger partial charge in [-0.3, -0.25) is 4.79 Å². The molecule has 0 bridgehead atoms. The molecular formula is C11H14O3. The number of ether oxygens (including phenoxy) is 1. The van der Waals surface area contributed by atoms with E-state index in [0.717, 1.165) is 31.1 Å². The van der Waals surface area contributed by atoms with Gasteiger partial charge in [0.1, 0.15) is 12.4 Å². The van der Waals surface area contributed by atoms with Gasteiger partial charge in [0.05, 0.1) is 12.3 Å². The van der Waals surface area contributed by atoms with Gasteiger partial charge < -0.3 is 9.53 Å². The van der Waals surface area contributed by atoms with Gasteiger partial charge in [-0.25, -0.2) is 0 Å². The van der Waals surface area contributed by atoms with E-state index in [9.17, 15) is 9.59 Å². The minimum absolute atomic E-state index is 0.219. The van der Waals surface area contributed by atoms with Crippen LogP contribution in [0.4, 0.5) is 0 Å². The molecule has 1 saturated carbocycles. The number of carbonyl (C=O) groups is 2. The Labute approximate surface area is 83.1 Å². The first kappa shape index (κ1) is 9.44. The van der Waals surface area contributed by atoms with Crippen LogP contribution in [-0.4, -0.2) is 18.4 Å². The molecule has 0 N–H and O–H groups in total. The summed E-state index contributed by atoms with van der Waals surface area (Å²) < 4.78 is 5.19. The Morgan fingerprint density at radius 1 is 1.50 bits per heavy atom. The van der Waals surface area contributed by atoms with Crippen LogP contribution >= 0.6 is 0 Å². The standard InChI is InChI=1S/C11H14O3/c1-7-3-2-4-9(7)11-8(6-12)5-10(13)14-11/h6,8-9,11H,1-5H2/t8-,9+,11+/m0/s1. The molecule has 0 aromatic heterocycles. The first-order chi connectivity index (χ1) is 6.72. The summed E-state index contributed by atoms with van der Waals surface area (Å²) in [6.07, 6.45) is 3.98. The molecule has 14 heavy (non-hydrogen) atoms. The maximum Gasteiger partial charge on any atom is 0.306 e. The highest BCUT2D eigenvalue weighted by atomic mass is 16.6. The van der Waals surface area contributed by atoms with Gasteiger partial charge in [-0.15, -0.1) is 0 Å². The lowest BCUT2D eigenvalue weighted by Gasteiger charge is -2.21. The van der Waals surface area contributed by atoms with Gasteiger partial charge >= 0.3 is 5.97 Å². The summed E-state index contributed by atoms with van der Waals surface area (Å²) in [5.74, 6) is -0.272. The van der Waals surface area contributed by atoms with Gasteiger partial charge in [0.25, 0.3) is 0 Å². The number of carbonyl (C=O) groups excluding carboxylic acids is 2. The first-order valence-electron chi connectivity index (χ1n) is 5.05. The third kappa shape index (κ3) is 1.47. The lowest BCUT2D eigenvalue weighted by molar-refractivity contribution is -0.142. The van der Waals surface area contributed by atoms with E-state index in [1.807, 2.05) is 0 Å². The fourth-order valence-corrected chi connectivity index (χ4v) is 2.44. The van der Waals surface area contributed by atoms with Crippen LogP contribution in [0.3, 0.4) is 0 Å². The summed E-state index contributed by atoms with van der Waals surface area (Å²) >= 11 is 0. The Bertz CT molecular complexity index is 282. The van der Waals surface area contributed by atoms with E-state index < -0.39 is 0 Å². The summed E-state index contributed by atoms with van der Waals surface area (Å²) in [4.78, 5) is 21.8. The van der Waals surface area contributed by atoms with Gasteiger partial charge in [-0.2, -0.15) is 0 Å². The van der Waals surface area contributed by atoms with Crippen molar-refractivity contribution in [1.82, 2.24) is 0 Å². The highest BCUT2D eigenvalue weighted by Crippen LogP contribution is 2.39. The molecule has 0 aromatic carbocycles. The Balaban J connectivity index is 2.12. The zero-order chi connectivity index (χ0) is 10.1. The van der Waals surface area contributed by atoms with Gasteiger partial charge in [0, 0.05) is 5.92 Å². The van der Waals surface area contributed by atoms with E-state index in [-0.39, 0.29) is 30.3 Å². The van der Waals surface area contributed by atoms with E-state index in [0.29, 0.717) is 0 Å². The van der Waals surface area contributed by atoms with Crippen molar-refractivity contribution >= 4 is 12.3 Å². The van der Waals surface area contributed by atoms with Crippen molar-refractivity contribution in [3.63, 3.8) is 0 Å². The van der Waals surface area contributed by atoms with Crippen LogP contribution in [0.25, 0.3) is 0 Å². The van der Waals surface area contributed by atoms with E-state index >= 15 is 0 Å². The molecule has 3 nitrogen and oxygen atoms in total. The summed E-state index contributed by atoms with van der Waals surface area (Å²) in [7, 11) is 0. The molecule has 1 heterocycles. The maximum atomic E-state index is 11.1. The van der Waals surface area contributed by atoms with Crippen LogP contribution in [0.15, 0.2) is 12.2 Å². The van der Waals surface area contributed by atoms with Gasteiger partial charge in [0.15, 0.2) is 0 Å². The third-order valence-electron chi connectivity index (χ3n) is 3.20. The molecule has 0 radical (unpaired) electrons. The quantitative estimate of drug-likeness (QED) is 0.380. The smallest absolute Gasteiger partial charge is 0.306 e. The van der Waals surface area contributed by atoms with Crippen molar-refractivity contribution in [3.8, 4) is 0 Å². The Kier molecular flexibility index (Phi) is 2.40. The van der Waals surface area contributed by atoms with Gasteiger partial charge in [0.2, 0.25) is 0 Å². The van der Waals surface area contributed by atoms with Crippen molar-refractivity contribution in [3.05, 3.63) is 12.2 Å². The number of rotatable bonds is 2. The van der Waals surface area contributed by atoms with Crippen molar-refractivity contribution < 1.29 is 14.3 Å². The van der Waals surface area contributed by atoms with E-state index in [2.05, 4.69) is 6.58 Å². The molecule has 2 aliphatic rings. The van der Waals surface area contributed by atoms with E-state index in [1.165, 1.54) is 0 Å². The molecule has 3 atom stereocenters. The van der Waals surface area contributed by atoms with Crippen LogP contribution in [0, 0.1) is 11.8 Å². The van der Waals surface area contributed by atoms with Crippen molar-refractivity contribution in [2.24, 2.45) is 11.8 Å². The predicted molar refractivity (Wildman–Crippen MR) is 50.5 cm³/mol. The number of esters is 1. The molecule has 76 valence electrons. The molecule has 0 aromatic rings. The lowest BCUT2D eigenvalue weighted by Crippen LogP contribution is -2.26. The normalized spacial score (nSPS) is 37.3. The zero-order valence-corrected chi connectivity index (χ0v) is 8.07. The van der Waals surface area contributed by atoms with Crippen molar-refractivity contribution in [2.45, 2.75) is 31.8 Å². The van der Waals surface area contributed by atoms with Crippen LogP contribution in [0.2, 0.25) is 0 Å². The first-order valence-corrected chi connectivity index (χ1v) is 5.05. The largest absolute Gasteiger partial charge is 0.461 e. The highest BCUT2D eigenvalue weighted by Gasteiger charge is 2.42. The molecule has 1 aliphatic heterocycles. The van der Waals surface area contributed by atoms with Crippen LogP contribution < -0.4 is 0 Å². The average molecular weight is 194 g/mol. The maximum absolute atomic E-state index is 11.1. The summed E-state index contributed by atoms with van der Waals surface area (Å²) in [5, 5.41) is 0. The van der Waals surface area contributed by atoms with Gasteiger partial charge in [-0.05, 0) is 19.3 Å². The molecule has 1 saturated heterocycles. The molecule has 2 fully saturated rings. The fourth-order valence-electron chi connectivity index (χ4n) is 2.44. The zero-order valence-electron chi connectivity index (χ0n) is 8.07. The number of hydrogen-bond acceptors (Lipinski definition) is 3. The second-order valence-electron chi connectivity index (χ2n) is 4.12. The SMILES string of the molecule is C=C1CCC[C@H]1[C@@H]1OC(=O)C[C@H]1C=O. The second kappa shape index (κ2) is 3.56. The van der Waals surface area contributed by atoms with Crippen molar-refractivity contribution in [2.75, 3.05) is 0 Å². The second-order valence-corrected chi connectivity index (χ2v) is 4.12. The molecule has 2 rings (SSSR count). The van der Waals surface area contributed by atoms with Crippen LogP contribution in [0.1, 0.15) is 25.7 Å². The summed E-state index contributed by atoms with van der Waals surface area (Å²) in [6, 6.07) is 0. The Morgan fingerprint density at radius 2 is 2.29 bits per heavy atom. The molecule has 0 unspecified atom stereocenters. The monoisotopic (exact) mass is 194 g/mol. The molecule has 1 aliphatic carbocycles. The van der Waals surface area contributed by atoms with Crippen LogP contribution in [0.5, 0.6) is 0 Å². The number of hydrogen-bond donors (Lipinski definition) is 0. The lowest BCUT2D eigenvalue weighted by atomic mass is 9.88. The summed E-state index contributed by atoms with van der Waals surface area (Å²) in [6.45, 7) is 3.97.